The molecule has 0 aliphatic carbocycles. The SMILES string of the molecule is CCC(=Cc1ccccc1)P(c1ccccc1)c1ccccc1.[Cl-].[Cl-].[Cl-].[Cl-].[Zr+4]. The summed E-state index contributed by atoms with van der Waals surface area (Å²) in [7, 11) is -0.477. The van der Waals surface area contributed by atoms with E-state index in [0.29, 0.717) is 0 Å². The molecule has 6 heteroatoms. The van der Waals surface area contributed by atoms with Crippen molar-refractivity contribution >= 4 is 24.6 Å². The summed E-state index contributed by atoms with van der Waals surface area (Å²) in [5.41, 5.74) is 1.28. The van der Waals surface area contributed by atoms with Gasteiger partial charge in [-0.05, 0) is 35.8 Å². The number of allylic oxidation sites excluding steroid dienone is 1. The summed E-state index contributed by atoms with van der Waals surface area (Å²) in [6, 6.07) is 32.4. The van der Waals surface area contributed by atoms with Crippen molar-refractivity contribution in [2.45, 2.75) is 13.3 Å². The Hall–Kier alpha value is -0.127. The largest absolute Gasteiger partial charge is 4.00 e. The van der Waals surface area contributed by atoms with Crippen LogP contribution >= 0.6 is 7.92 Å². The van der Waals surface area contributed by atoms with Crippen LogP contribution in [0.1, 0.15) is 18.9 Å². The summed E-state index contributed by atoms with van der Waals surface area (Å²) in [6.07, 6.45) is 3.43. The number of benzene rings is 3. The summed E-state index contributed by atoms with van der Waals surface area (Å²) in [6.45, 7) is 2.26. The van der Waals surface area contributed by atoms with Gasteiger partial charge in [-0.2, -0.15) is 0 Å². The van der Waals surface area contributed by atoms with Gasteiger partial charge in [0.1, 0.15) is 0 Å². The predicted molar refractivity (Wildman–Crippen MR) is 104 cm³/mol. The molecule has 0 nitrogen and oxygen atoms in total. The summed E-state index contributed by atoms with van der Waals surface area (Å²) in [4.78, 5) is 0. The summed E-state index contributed by atoms with van der Waals surface area (Å²) < 4.78 is 0. The Balaban J connectivity index is -0.00000125. The minimum Gasteiger partial charge on any atom is -1.00 e. The second kappa shape index (κ2) is 17.7. The van der Waals surface area contributed by atoms with Gasteiger partial charge in [0.2, 0.25) is 0 Å². The van der Waals surface area contributed by atoms with Crippen LogP contribution in [-0.2, 0) is 26.2 Å². The first-order valence-electron chi connectivity index (χ1n) is 8.04. The molecule has 3 aromatic carbocycles. The van der Waals surface area contributed by atoms with E-state index in [-0.39, 0.29) is 75.8 Å². The fourth-order valence-electron chi connectivity index (χ4n) is 2.70. The van der Waals surface area contributed by atoms with E-state index >= 15 is 0 Å². The van der Waals surface area contributed by atoms with Gasteiger partial charge in [0.25, 0.3) is 0 Å². The van der Waals surface area contributed by atoms with E-state index in [0.717, 1.165) is 6.42 Å². The van der Waals surface area contributed by atoms with Crippen LogP contribution in [0.5, 0.6) is 0 Å². The Kier molecular flexibility index (Phi) is 20.6. The van der Waals surface area contributed by atoms with Crippen molar-refractivity contribution in [3.63, 3.8) is 0 Å². The molecule has 0 atom stereocenters. The molecular weight excluding hydrogens is 528 g/mol. The van der Waals surface area contributed by atoms with Crippen LogP contribution in [0.15, 0.2) is 96.3 Å². The molecule has 3 rings (SSSR count). The quantitative estimate of drug-likeness (QED) is 0.278. The Morgan fingerprint density at radius 1 is 0.643 bits per heavy atom. The fourth-order valence-corrected chi connectivity index (χ4v) is 5.20. The molecule has 0 aromatic heterocycles. The van der Waals surface area contributed by atoms with Crippen molar-refractivity contribution in [2.75, 3.05) is 0 Å². The maximum Gasteiger partial charge on any atom is 4.00 e. The molecule has 3 aromatic rings. The van der Waals surface area contributed by atoms with Gasteiger partial charge in [-0.3, -0.25) is 0 Å². The third-order valence-corrected chi connectivity index (χ3v) is 6.46. The molecule has 0 radical (unpaired) electrons. The molecule has 0 fully saturated rings. The first-order valence-corrected chi connectivity index (χ1v) is 9.38. The molecule has 0 N–H and O–H groups in total. The molecule has 146 valence electrons. The first-order chi connectivity index (χ1) is 11.4. The average molecular weight is 549 g/mol. The summed E-state index contributed by atoms with van der Waals surface area (Å²) in [5.74, 6) is 0. The van der Waals surface area contributed by atoms with Crippen LogP contribution in [0.4, 0.5) is 0 Å². The maximum absolute atomic E-state index is 2.37. The smallest absolute Gasteiger partial charge is 1.00 e. The summed E-state index contributed by atoms with van der Waals surface area (Å²) >= 11 is 0. The molecule has 0 aliphatic heterocycles. The van der Waals surface area contributed by atoms with Crippen LogP contribution < -0.4 is 60.2 Å². The number of rotatable bonds is 5. The van der Waals surface area contributed by atoms with Crippen LogP contribution in [0.25, 0.3) is 6.08 Å². The van der Waals surface area contributed by atoms with Crippen LogP contribution in [0.2, 0.25) is 0 Å². The van der Waals surface area contributed by atoms with Gasteiger partial charge in [0, 0.05) is 0 Å². The normalized spacial score (nSPS) is 9.57. The first kappa shape index (κ1) is 32.5. The molecule has 0 heterocycles. The van der Waals surface area contributed by atoms with Crippen LogP contribution in [-0.4, -0.2) is 0 Å². The molecule has 0 saturated carbocycles. The zero-order chi connectivity index (χ0) is 15.9. The van der Waals surface area contributed by atoms with E-state index < -0.39 is 7.92 Å². The van der Waals surface area contributed by atoms with Gasteiger partial charge in [-0.15, -0.1) is 0 Å². The van der Waals surface area contributed by atoms with Gasteiger partial charge in [-0.1, -0.05) is 104 Å². The Bertz CT molecular complexity index is 729. The molecule has 0 unspecified atom stereocenters. The van der Waals surface area contributed by atoms with Gasteiger partial charge >= 0.3 is 26.2 Å². The standard InChI is InChI=1S/C22H21P.4ClH.Zr/c1-2-20(18-19-12-6-3-7-13-19)23(21-14-8-4-9-15-21)22-16-10-5-11-17-22;;;;;/h3-18H,2H2,1H3;4*1H;/q;;;;;+4/p-4. The van der Waals surface area contributed by atoms with E-state index in [1.165, 1.54) is 21.5 Å². The van der Waals surface area contributed by atoms with Gasteiger partial charge in [-0.25, -0.2) is 0 Å². The van der Waals surface area contributed by atoms with E-state index in [4.69, 9.17) is 0 Å². The van der Waals surface area contributed by atoms with E-state index in [2.05, 4.69) is 104 Å². The number of hydrogen-bond donors (Lipinski definition) is 0. The second-order valence-electron chi connectivity index (χ2n) is 5.41. The third kappa shape index (κ3) is 9.13. The molecular formula is C22H21Cl4PZr. The molecule has 0 spiro atoms. The van der Waals surface area contributed by atoms with Gasteiger partial charge < -0.3 is 49.6 Å². The minimum absolute atomic E-state index is 0. The van der Waals surface area contributed by atoms with E-state index in [9.17, 15) is 0 Å². The van der Waals surface area contributed by atoms with Crippen molar-refractivity contribution < 1.29 is 75.8 Å². The van der Waals surface area contributed by atoms with Crippen molar-refractivity contribution in [1.82, 2.24) is 0 Å². The molecule has 0 bridgehead atoms. The van der Waals surface area contributed by atoms with E-state index in [1.54, 1.807) is 0 Å². The van der Waals surface area contributed by atoms with Crippen molar-refractivity contribution in [3.05, 3.63) is 102 Å². The molecule has 28 heavy (non-hydrogen) atoms. The van der Waals surface area contributed by atoms with Gasteiger partial charge in [0.05, 0.1) is 0 Å². The van der Waals surface area contributed by atoms with Crippen molar-refractivity contribution in [1.29, 1.82) is 0 Å². The molecule has 0 saturated heterocycles. The van der Waals surface area contributed by atoms with E-state index in [1.807, 2.05) is 0 Å². The summed E-state index contributed by atoms with van der Waals surface area (Å²) in [5, 5.41) is 4.33. The number of halogens is 4. The van der Waals surface area contributed by atoms with Crippen LogP contribution in [0.3, 0.4) is 0 Å². The Labute approximate surface area is 214 Å². The topological polar surface area (TPSA) is 0 Å². The van der Waals surface area contributed by atoms with Gasteiger partial charge in [0.15, 0.2) is 0 Å². The molecule has 0 aliphatic rings. The van der Waals surface area contributed by atoms with Crippen LogP contribution in [0, 0.1) is 0 Å². The fraction of sp³-hybridized carbons (Fsp3) is 0.0909. The maximum atomic E-state index is 2.37. The zero-order valence-corrected chi connectivity index (χ0v) is 21.8. The monoisotopic (exact) mass is 546 g/mol. The predicted octanol–water partition coefficient (Wildman–Crippen LogP) is -6.42. The Morgan fingerprint density at radius 2 is 1.00 bits per heavy atom. The third-order valence-electron chi connectivity index (χ3n) is 3.81. The number of hydrogen-bond acceptors (Lipinski definition) is 0. The molecule has 0 amide bonds. The minimum atomic E-state index is -0.477. The second-order valence-corrected chi connectivity index (χ2v) is 7.68. The average Bonchev–Trinajstić information content (AvgIpc) is 2.64. The van der Waals surface area contributed by atoms with Crippen molar-refractivity contribution in [2.24, 2.45) is 0 Å². The zero-order valence-electron chi connectivity index (χ0n) is 15.4. The Morgan fingerprint density at radius 3 is 1.36 bits per heavy atom. The van der Waals surface area contributed by atoms with Crippen molar-refractivity contribution in [3.8, 4) is 0 Å².